The zero-order valence-electron chi connectivity index (χ0n) is 16.2. The van der Waals surface area contributed by atoms with E-state index < -0.39 is 5.60 Å². The Balaban J connectivity index is 1.44. The number of benzene rings is 1. The van der Waals surface area contributed by atoms with E-state index in [1.807, 2.05) is 20.8 Å². The first-order valence-corrected chi connectivity index (χ1v) is 9.42. The molecule has 1 aromatic carbocycles. The standard InChI is InChI=1S/C20H27N3O4/c1-20(2,3)27-19(26)21-14-8-10-22(11-9-14)12-13-23-17(24)15-6-4-5-7-16(15)18(23)25/h4-7,14H,8-13H2,1-3H3,(H,21,26). The molecule has 0 aliphatic carbocycles. The molecule has 1 fully saturated rings. The van der Waals surface area contributed by atoms with Crippen LogP contribution in [0, 0.1) is 0 Å². The molecule has 7 heteroatoms. The Bertz CT molecular complexity index is 698. The SMILES string of the molecule is CC(C)(C)OC(=O)NC1CCN(CCN2C(=O)c3ccccc3C2=O)CC1. The molecule has 3 amide bonds. The normalized spacial score (nSPS) is 18.6. The molecule has 146 valence electrons. The number of rotatable bonds is 4. The van der Waals surface area contributed by atoms with Crippen molar-refractivity contribution < 1.29 is 19.1 Å². The summed E-state index contributed by atoms with van der Waals surface area (Å²) in [5, 5.41) is 2.91. The third-order valence-corrected chi connectivity index (χ3v) is 4.83. The van der Waals surface area contributed by atoms with Gasteiger partial charge in [-0.25, -0.2) is 4.79 Å². The summed E-state index contributed by atoms with van der Waals surface area (Å²) in [6.45, 7) is 8.17. The highest BCUT2D eigenvalue weighted by atomic mass is 16.6. The van der Waals surface area contributed by atoms with E-state index in [0.29, 0.717) is 24.2 Å². The minimum atomic E-state index is -0.503. The average molecular weight is 373 g/mol. The zero-order valence-corrected chi connectivity index (χ0v) is 16.2. The molecule has 27 heavy (non-hydrogen) atoms. The molecule has 3 rings (SSSR count). The van der Waals surface area contributed by atoms with Gasteiger partial charge in [-0.1, -0.05) is 12.1 Å². The van der Waals surface area contributed by atoms with Crippen LogP contribution in [0.5, 0.6) is 0 Å². The number of piperidine rings is 1. The van der Waals surface area contributed by atoms with Gasteiger partial charge in [0.05, 0.1) is 11.1 Å². The molecule has 0 radical (unpaired) electrons. The van der Waals surface area contributed by atoms with Crippen LogP contribution in [0.1, 0.15) is 54.3 Å². The maximum atomic E-state index is 12.4. The van der Waals surface area contributed by atoms with Crippen LogP contribution in [-0.2, 0) is 4.74 Å². The van der Waals surface area contributed by atoms with Crippen molar-refractivity contribution >= 4 is 17.9 Å². The zero-order chi connectivity index (χ0) is 19.6. The molecule has 0 bridgehead atoms. The van der Waals surface area contributed by atoms with E-state index in [4.69, 9.17) is 4.74 Å². The Morgan fingerprint density at radius 1 is 1.07 bits per heavy atom. The maximum absolute atomic E-state index is 12.4. The molecule has 0 spiro atoms. The quantitative estimate of drug-likeness (QED) is 0.819. The van der Waals surface area contributed by atoms with E-state index in [2.05, 4.69) is 10.2 Å². The van der Waals surface area contributed by atoms with Crippen LogP contribution in [0.2, 0.25) is 0 Å². The minimum absolute atomic E-state index is 0.0930. The first kappa shape index (κ1) is 19.4. The number of nitrogens with one attached hydrogen (secondary N) is 1. The van der Waals surface area contributed by atoms with Gasteiger partial charge in [0.1, 0.15) is 5.60 Å². The highest BCUT2D eigenvalue weighted by Crippen LogP contribution is 2.22. The van der Waals surface area contributed by atoms with Gasteiger partial charge in [0.2, 0.25) is 0 Å². The smallest absolute Gasteiger partial charge is 0.407 e. The largest absolute Gasteiger partial charge is 0.444 e. The molecule has 1 aromatic rings. The van der Waals surface area contributed by atoms with Gasteiger partial charge in [0, 0.05) is 32.2 Å². The minimum Gasteiger partial charge on any atom is -0.444 e. The molecule has 2 heterocycles. The number of fused-ring (bicyclic) bond motifs is 1. The Hall–Kier alpha value is -2.41. The Morgan fingerprint density at radius 3 is 2.15 bits per heavy atom. The number of carbonyl (C=O) groups is 3. The molecule has 0 atom stereocenters. The number of ether oxygens (including phenoxy) is 1. The summed E-state index contributed by atoms with van der Waals surface area (Å²) in [4.78, 5) is 40.2. The van der Waals surface area contributed by atoms with Crippen molar-refractivity contribution in [2.45, 2.75) is 45.3 Å². The van der Waals surface area contributed by atoms with Gasteiger partial charge in [-0.15, -0.1) is 0 Å². The van der Waals surface area contributed by atoms with Gasteiger partial charge in [-0.05, 0) is 45.7 Å². The van der Waals surface area contributed by atoms with Crippen LogP contribution < -0.4 is 5.32 Å². The monoisotopic (exact) mass is 373 g/mol. The predicted octanol–water partition coefficient (Wildman–Crippen LogP) is 2.27. The predicted molar refractivity (Wildman–Crippen MR) is 101 cm³/mol. The molecule has 0 unspecified atom stereocenters. The summed E-state index contributed by atoms with van der Waals surface area (Å²) in [6.07, 6.45) is 1.26. The van der Waals surface area contributed by atoms with Crippen molar-refractivity contribution in [3.05, 3.63) is 35.4 Å². The first-order chi connectivity index (χ1) is 12.7. The molecular weight excluding hydrogens is 346 g/mol. The van der Waals surface area contributed by atoms with E-state index in [9.17, 15) is 14.4 Å². The van der Waals surface area contributed by atoms with E-state index >= 15 is 0 Å². The molecule has 0 saturated carbocycles. The van der Waals surface area contributed by atoms with E-state index in [1.54, 1.807) is 24.3 Å². The van der Waals surface area contributed by atoms with E-state index in [1.165, 1.54) is 4.90 Å². The highest BCUT2D eigenvalue weighted by Gasteiger charge is 2.35. The number of alkyl carbamates (subject to hydrolysis) is 1. The maximum Gasteiger partial charge on any atom is 0.407 e. The van der Waals surface area contributed by atoms with Gasteiger partial charge in [0.25, 0.3) is 11.8 Å². The molecule has 2 aliphatic heterocycles. The fraction of sp³-hybridized carbons (Fsp3) is 0.550. The second-order valence-electron chi connectivity index (χ2n) is 8.07. The van der Waals surface area contributed by atoms with Gasteiger partial charge in [-0.3, -0.25) is 14.5 Å². The fourth-order valence-corrected chi connectivity index (χ4v) is 3.46. The molecule has 0 aromatic heterocycles. The molecular formula is C20H27N3O4. The van der Waals surface area contributed by atoms with Crippen molar-refractivity contribution in [3.63, 3.8) is 0 Å². The van der Waals surface area contributed by atoms with Crippen LogP contribution >= 0.6 is 0 Å². The van der Waals surface area contributed by atoms with Crippen LogP contribution in [0.4, 0.5) is 4.79 Å². The number of amides is 3. The summed E-state index contributed by atoms with van der Waals surface area (Å²) >= 11 is 0. The van der Waals surface area contributed by atoms with Crippen molar-refractivity contribution in [2.24, 2.45) is 0 Å². The van der Waals surface area contributed by atoms with E-state index in [0.717, 1.165) is 25.9 Å². The average Bonchev–Trinajstić information content (AvgIpc) is 2.84. The van der Waals surface area contributed by atoms with Crippen LogP contribution in [0.3, 0.4) is 0 Å². The number of hydrogen-bond acceptors (Lipinski definition) is 5. The van der Waals surface area contributed by atoms with Gasteiger partial charge in [-0.2, -0.15) is 0 Å². The molecule has 2 aliphatic rings. The Kier molecular flexibility index (Phi) is 5.51. The fourth-order valence-electron chi connectivity index (χ4n) is 3.46. The van der Waals surface area contributed by atoms with Crippen LogP contribution in [0.25, 0.3) is 0 Å². The number of carbonyl (C=O) groups excluding carboxylic acids is 3. The lowest BCUT2D eigenvalue weighted by Gasteiger charge is -2.33. The van der Waals surface area contributed by atoms with Crippen molar-refractivity contribution in [2.75, 3.05) is 26.2 Å². The molecule has 7 nitrogen and oxygen atoms in total. The van der Waals surface area contributed by atoms with Crippen LogP contribution in [0.15, 0.2) is 24.3 Å². The number of imide groups is 1. The second kappa shape index (κ2) is 7.68. The molecule has 1 N–H and O–H groups in total. The lowest BCUT2D eigenvalue weighted by molar-refractivity contribution is 0.0469. The number of hydrogen-bond donors (Lipinski definition) is 1. The second-order valence-corrected chi connectivity index (χ2v) is 8.07. The van der Waals surface area contributed by atoms with Crippen molar-refractivity contribution in [3.8, 4) is 0 Å². The lowest BCUT2D eigenvalue weighted by atomic mass is 10.1. The summed E-state index contributed by atoms with van der Waals surface area (Å²) in [5.74, 6) is -0.422. The van der Waals surface area contributed by atoms with E-state index in [-0.39, 0.29) is 23.9 Å². The number of likely N-dealkylation sites (tertiary alicyclic amines) is 1. The third-order valence-electron chi connectivity index (χ3n) is 4.83. The van der Waals surface area contributed by atoms with Gasteiger partial charge in [0.15, 0.2) is 0 Å². The van der Waals surface area contributed by atoms with Gasteiger partial charge < -0.3 is 15.0 Å². The number of nitrogens with zero attached hydrogens (tertiary/aromatic N) is 2. The third kappa shape index (κ3) is 4.66. The van der Waals surface area contributed by atoms with Crippen LogP contribution in [-0.4, -0.2) is 65.5 Å². The summed E-state index contributed by atoms with van der Waals surface area (Å²) < 4.78 is 5.29. The van der Waals surface area contributed by atoms with Crippen molar-refractivity contribution in [1.82, 2.24) is 15.1 Å². The van der Waals surface area contributed by atoms with Crippen molar-refractivity contribution in [1.29, 1.82) is 0 Å². The topological polar surface area (TPSA) is 79.0 Å². The summed E-state index contributed by atoms with van der Waals surface area (Å²) in [7, 11) is 0. The summed E-state index contributed by atoms with van der Waals surface area (Å²) in [6, 6.07) is 7.04. The molecule has 1 saturated heterocycles. The lowest BCUT2D eigenvalue weighted by Crippen LogP contribution is -2.47. The Morgan fingerprint density at radius 2 is 1.63 bits per heavy atom. The highest BCUT2D eigenvalue weighted by molar-refractivity contribution is 6.21. The Labute approximate surface area is 159 Å². The first-order valence-electron chi connectivity index (χ1n) is 9.42. The summed E-state index contributed by atoms with van der Waals surface area (Å²) in [5.41, 5.74) is 0.475. The van der Waals surface area contributed by atoms with Gasteiger partial charge >= 0.3 is 6.09 Å².